The number of nitrogens with zero attached hydrogens (tertiary/aromatic N) is 3. The highest BCUT2D eigenvalue weighted by Gasteiger charge is 2.11. The maximum absolute atomic E-state index is 10.9. The van der Waals surface area contributed by atoms with Gasteiger partial charge in [0.15, 0.2) is 0 Å². The molecule has 0 saturated heterocycles. The van der Waals surface area contributed by atoms with Crippen molar-refractivity contribution in [1.82, 2.24) is 4.57 Å². The molecule has 4 aromatic rings. The van der Waals surface area contributed by atoms with Gasteiger partial charge >= 0.3 is 0 Å². The van der Waals surface area contributed by atoms with Gasteiger partial charge in [0.05, 0.1) is 16.6 Å². The minimum Gasteiger partial charge on any atom is -0.342 e. The van der Waals surface area contributed by atoms with E-state index in [1.807, 2.05) is 36.4 Å². The number of allylic oxidation sites excluding steroid dienone is 1. The molecule has 0 saturated carbocycles. The van der Waals surface area contributed by atoms with Gasteiger partial charge in [-0.2, -0.15) is 5.26 Å². The van der Waals surface area contributed by atoms with E-state index in [1.165, 1.54) is 23.3 Å². The number of benzene rings is 3. The van der Waals surface area contributed by atoms with Gasteiger partial charge < -0.3 is 4.57 Å². The van der Waals surface area contributed by atoms with E-state index < -0.39 is 4.92 Å². The molecule has 0 radical (unpaired) electrons. The summed E-state index contributed by atoms with van der Waals surface area (Å²) in [6.07, 6.45) is 3.90. The van der Waals surface area contributed by atoms with Gasteiger partial charge in [-0.05, 0) is 47.9 Å². The molecule has 0 unspecified atom stereocenters. The van der Waals surface area contributed by atoms with E-state index >= 15 is 0 Å². The monoisotopic (exact) mass is 393 g/mol. The fourth-order valence-corrected chi connectivity index (χ4v) is 3.59. The average Bonchev–Trinajstić information content (AvgIpc) is 3.11. The third kappa shape index (κ3) is 3.71. The molecule has 5 heteroatoms. The molecule has 0 aliphatic heterocycles. The fraction of sp³-hybridized carbons (Fsp3) is 0.0800. The molecule has 4 rings (SSSR count). The van der Waals surface area contributed by atoms with E-state index in [2.05, 4.69) is 42.0 Å². The molecule has 3 aromatic carbocycles. The van der Waals surface area contributed by atoms with Crippen LogP contribution in [0.4, 0.5) is 5.69 Å². The lowest BCUT2D eigenvalue weighted by Crippen LogP contribution is -1.99. The second-order valence-electron chi connectivity index (χ2n) is 7.13. The highest BCUT2D eigenvalue weighted by molar-refractivity contribution is 5.98. The van der Waals surface area contributed by atoms with E-state index in [9.17, 15) is 15.4 Å². The van der Waals surface area contributed by atoms with E-state index in [0.717, 1.165) is 23.0 Å². The number of hydrogen-bond donors (Lipinski definition) is 0. The minimum absolute atomic E-state index is 0.00544. The quantitative estimate of drug-likeness (QED) is 0.238. The average molecular weight is 393 g/mol. The van der Waals surface area contributed by atoms with Crippen LogP contribution < -0.4 is 0 Å². The second-order valence-corrected chi connectivity index (χ2v) is 7.13. The number of fused-ring (bicyclic) bond motifs is 1. The molecule has 1 aromatic heterocycles. The van der Waals surface area contributed by atoms with Gasteiger partial charge in [-0.1, -0.05) is 42.5 Å². The SMILES string of the molecule is Cc1ccccc1Cn1cc(/C=C(/C#N)c2ccc([N+](=O)[O-])cc2)c2ccccc21. The van der Waals surface area contributed by atoms with Crippen molar-refractivity contribution in [2.75, 3.05) is 0 Å². The number of rotatable bonds is 5. The van der Waals surface area contributed by atoms with Gasteiger partial charge in [0.2, 0.25) is 0 Å². The third-order valence-electron chi connectivity index (χ3n) is 5.23. The van der Waals surface area contributed by atoms with Crippen LogP contribution >= 0.6 is 0 Å². The van der Waals surface area contributed by atoms with Crippen molar-refractivity contribution >= 4 is 28.2 Å². The molecule has 0 aliphatic rings. The molecule has 0 spiro atoms. The van der Waals surface area contributed by atoms with Crippen LogP contribution in [0.25, 0.3) is 22.6 Å². The molecule has 0 aliphatic carbocycles. The molecular formula is C25H19N3O2. The summed E-state index contributed by atoms with van der Waals surface area (Å²) in [5.41, 5.74) is 5.62. The van der Waals surface area contributed by atoms with Crippen molar-refractivity contribution in [2.24, 2.45) is 0 Å². The zero-order valence-electron chi connectivity index (χ0n) is 16.4. The van der Waals surface area contributed by atoms with Gasteiger partial charge in [0, 0.05) is 41.3 Å². The van der Waals surface area contributed by atoms with Crippen LogP contribution in [-0.2, 0) is 6.54 Å². The summed E-state index contributed by atoms with van der Waals surface area (Å²) < 4.78 is 2.19. The first kappa shape index (κ1) is 19.2. The molecule has 5 nitrogen and oxygen atoms in total. The van der Waals surface area contributed by atoms with Crippen molar-refractivity contribution < 1.29 is 4.92 Å². The minimum atomic E-state index is -0.446. The van der Waals surface area contributed by atoms with Crippen molar-refractivity contribution in [3.63, 3.8) is 0 Å². The van der Waals surface area contributed by atoms with Crippen LogP contribution in [0.5, 0.6) is 0 Å². The fourth-order valence-electron chi connectivity index (χ4n) is 3.59. The number of nitro benzene ring substituents is 1. The first-order valence-corrected chi connectivity index (χ1v) is 9.56. The molecule has 0 fully saturated rings. The van der Waals surface area contributed by atoms with Crippen LogP contribution in [0.1, 0.15) is 22.3 Å². The second kappa shape index (κ2) is 8.06. The summed E-state index contributed by atoms with van der Waals surface area (Å²) in [5.74, 6) is 0. The van der Waals surface area contributed by atoms with Crippen molar-refractivity contribution in [3.05, 3.63) is 111 Å². The zero-order valence-corrected chi connectivity index (χ0v) is 16.4. The Labute approximate surface area is 174 Å². The number of nitriles is 1. The van der Waals surface area contributed by atoms with E-state index in [4.69, 9.17) is 0 Å². The lowest BCUT2D eigenvalue weighted by atomic mass is 10.0. The smallest absolute Gasteiger partial charge is 0.269 e. The van der Waals surface area contributed by atoms with Crippen LogP contribution in [0, 0.1) is 28.4 Å². The topological polar surface area (TPSA) is 71.9 Å². The number of non-ortho nitro benzene ring substituents is 1. The third-order valence-corrected chi connectivity index (χ3v) is 5.23. The Bertz CT molecular complexity index is 1310. The van der Waals surface area contributed by atoms with Crippen LogP contribution in [0.15, 0.2) is 79.0 Å². The summed E-state index contributed by atoms with van der Waals surface area (Å²) in [5, 5.41) is 21.7. The van der Waals surface area contributed by atoms with Gasteiger partial charge in [-0.15, -0.1) is 0 Å². The van der Waals surface area contributed by atoms with Crippen molar-refractivity contribution in [3.8, 4) is 6.07 Å². The number of hydrogen-bond acceptors (Lipinski definition) is 3. The number of aromatic nitrogens is 1. The maximum Gasteiger partial charge on any atom is 0.269 e. The van der Waals surface area contributed by atoms with E-state index in [1.54, 1.807) is 12.1 Å². The normalized spacial score (nSPS) is 11.4. The first-order chi connectivity index (χ1) is 14.6. The predicted octanol–water partition coefficient (Wildman–Crippen LogP) is 5.97. The molecule has 0 amide bonds. The Kier molecular flexibility index (Phi) is 5.15. The molecule has 0 bridgehead atoms. The lowest BCUT2D eigenvalue weighted by Gasteiger charge is -2.08. The summed E-state index contributed by atoms with van der Waals surface area (Å²) >= 11 is 0. The lowest BCUT2D eigenvalue weighted by molar-refractivity contribution is -0.384. The van der Waals surface area contributed by atoms with Crippen molar-refractivity contribution in [1.29, 1.82) is 5.26 Å². The molecule has 146 valence electrons. The van der Waals surface area contributed by atoms with Gasteiger partial charge in [0.25, 0.3) is 5.69 Å². The van der Waals surface area contributed by atoms with Gasteiger partial charge in [0.1, 0.15) is 0 Å². The van der Waals surface area contributed by atoms with Crippen LogP contribution in [-0.4, -0.2) is 9.49 Å². The standard InChI is InChI=1S/C25H19N3O2/c1-18-6-2-3-7-20(18)16-27-17-22(24-8-4-5-9-25(24)27)14-21(15-26)19-10-12-23(13-11-19)28(29)30/h2-14,17H,16H2,1H3/b21-14-. The van der Waals surface area contributed by atoms with Crippen molar-refractivity contribution in [2.45, 2.75) is 13.5 Å². The largest absolute Gasteiger partial charge is 0.342 e. The summed E-state index contributed by atoms with van der Waals surface area (Å²) in [6, 6.07) is 24.7. The van der Waals surface area contributed by atoms with E-state index in [0.29, 0.717) is 11.1 Å². The summed E-state index contributed by atoms with van der Waals surface area (Å²) in [6.45, 7) is 2.84. The highest BCUT2D eigenvalue weighted by atomic mass is 16.6. The Morgan fingerprint density at radius 2 is 1.77 bits per heavy atom. The Hall–Kier alpha value is -4.17. The molecule has 0 N–H and O–H groups in total. The first-order valence-electron chi connectivity index (χ1n) is 9.56. The molecular weight excluding hydrogens is 374 g/mol. The maximum atomic E-state index is 10.9. The van der Waals surface area contributed by atoms with Crippen LogP contribution in [0.3, 0.4) is 0 Å². The van der Waals surface area contributed by atoms with Gasteiger partial charge in [-0.25, -0.2) is 0 Å². The Balaban J connectivity index is 1.77. The summed E-state index contributed by atoms with van der Waals surface area (Å²) in [7, 11) is 0. The Morgan fingerprint density at radius 3 is 2.47 bits per heavy atom. The van der Waals surface area contributed by atoms with Crippen LogP contribution in [0.2, 0.25) is 0 Å². The Morgan fingerprint density at radius 1 is 1.07 bits per heavy atom. The predicted molar refractivity (Wildman–Crippen MR) is 119 cm³/mol. The number of aryl methyl sites for hydroxylation is 1. The number of para-hydroxylation sites is 1. The van der Waals surface area contributed by atoms with E-state index in [-0.39, 0.29) is 5.69 Å². The van der Waals surface area contributed by atoms with Gasteiger partial charge in [-0.3, -0.25) is 10.1 Å². The highest BCUT2D eigenvalue weighted by Crippen LogP contribution is 2.28. The summed E-state index contributed by atoms with van der Waals surface area (Å²) in [4.78, 5) is 10.4. The molecule has 1 heterocycles. The zero-order chi connectivity index (χ0) is 21.1. The molecule has 0 atom stereocenters. The molecule has 30 heavy (non-hydrogen) atoms. The number of nitro groups is 1.